The molecule has 19 heavy (non-hydrogen) atoms. The second-order valence-corrected chi connectivity index (χ2v) is 6.01. The van der Waals surface area contributed by atoms with E-state index in [-0.39, 0.29) is 5.91 Å². The number of hydrogen-bond donors (Lipinski definition) is 2. The van der Waals surface area contributed by atoms with E-state index in [4.69, 9.17) is 5.73 Å². The second kappa shape index (κ2) is 5.49. The van der Waals surface area contributed by atoms with Crippen LogP contribution in [0.1, 0.15) is 40.9 Å². The molecule has 0 radical (unpaired) electrons. The fourth-order valence-electron chi connectivity index (χ4n) is 2.27. The van der Waals surface area contributed by atoms with Crippen molar-refractivity contribution in [1.29, 1.82) is 5.26 Å². The Labute approximate surface area is 117 Å². The average Bonchev–Trinajstić information content (AvgIpc) is 2.97. The van der Waals surface area contributed by atoms with Gasteiger partial charge < -0.3 is 16.0 Å². The molecule has 1 heterocycles. The van der Waals surface area contributed by atoms with Gasteiger partial charge in [-0.3, -0.25) is 4.79 Å². The van der Waals surface area contributed by atoms with Gasteiger partial charge in [0.1, 0.15) is 21.5 Å². The smallest absolute Gasteiger partial charge is 0.265 e. The molecule has 1 aromatic rings. The lowest BCUT2D eigenvalue weighted by Crippen LogP contribution is -2.21. The molecule has 2 rings (SSSR count). The number of anilines is 2. The van der Waals surface area contributed by atoms with Crippen LogP contribution in [0.3, 0.4) is 0 Å². The van der Waals surface area contributed by atoms with E-state index < -0.39 is 0 Å². The van der Waals surface area contributed by atoms with E-state index in [0.717, 1.165) is 17.8 Å². The summed E-state index contributed by atoms with van der Waals surface area (Å²) < 4.78 is 0. The Morgan fingerprint density at radius 1 is 1.47 bits per heavy atom. The van der Waals surface area contributed by atoms with Gasteiger partial charge in [-0.1, -0.05) is 12.8 Å². The number of carbonyl (C=O) groups excluding carboxylic acids is 1. The number of hydrogen-bond acceptors (Lipinski definition) is 5. The molecule has 3 N–H and O–H groups in total. The van der Waals surface area contributed by atoms with Gasteiger partial charge in [-0.15, -0.1) is 11.3 Å². The Morgan fingerprint density at radius 3 is 2.63 bits per heavy atom. The van der Waals surface area contributed by atoms with Gasteiger partial charge in [0, 0.05) is 20.1 Å². The number of amides is 1. The van der Waals surface area contributed by atoms with Crippen molar-refractivity contribution in [3.05, 3.63) is 10.4 Å². The van der Waals surface area contributed by atoms with Crippen LogP contribution in [0.4, 0.5) is 10.7 Å². The number of rotatable bonds is 3. The molecule has 102 valence electrons. The molecule has 1 amide bonds. The third-order valence-electron chi connectivity index (χ3n) is 3.35. The summed E-state index contributed by atoms with van der Waals surface area (Å²) in [7, 11) is 3.36. The molecule has 0 aromatic carbocycles. The fraction of sp³-hybridized carbons (Fsp3) is 0.538. The molecule has 1 saturated carbocycles. The highest BCUT2D eigenvalue weighted by Crippen LogP contribution is 2.37. The van der Waals surface area contributed by atoms with Crippen LogP contribution in [0.25, 0.3) is 0 Å². The van der Waals surface area contributed by atoms with Crippen LogP contribution in [0.2, 0.25) is 0 Å². The highest BCUT2D eigenvalue weighted by molar-refractivity contribution is 7.18. The lowest BCUT2D eigenvalue weighted by molar-refractivity contribution is 0.0833. The zero-order valence-corrected chi connectivity index (χ0v) is 12.0. The number of nitrogens with two attached hydrogens (primary N) is 1. The van der Waals surface area contributed by atoms with E-state index in [1.807, 2.05) is 0 Å². The highest BCUT2D eigenvalue weighted by Gasteiger charge is 2.24. The highest BCUT2D eigenvalue weighted by atomic mass is 32.1. The van der Waals surface area contributed by atoms with E-state index in [0.29, 0.717) is 22.2 Å². The van der Waals surface area contributed by atoms with Crippen molar-refractivity contribution in [3.63, 3.8) is 0 Å². The maximum atomic E-state index is 12.0. The molecular weight excluding hydrogens is 260 g/mol. The van der Waals surface area contributed by atoms with Crippen molar-refractivity contribution >= 4 is 27.9 Å². The minimum Gasteiger partial charge on any atom is -0.396 e. The third-order valence-corrected chi connectivity index (χ3v) is 4.47. The molecule has 6 heteroatoms. The Hall–Kier alpha value is -1.74. The molecule has 0 bridgehead atoms. The van der Waals surface area contributed by atoms with Gasteiger partial charge in [0.25, 0.3) is 5.91 Å². The molecular formula is C13H18N4OS. The Kier molecular flexibility index (Phi) is 3.96. The summed E-state index contributed by atoms with van der Waals surface area (Å²) in [6, 6.07) is 2.50. The molecule has 5 nitrogen and oxygen atoms in total. The third kappa shape index (κ3) is 2.66. The molecule has 1 aliphatic rings. The Balaban J connectivity index is 2.30. The van der Waals surface area contributed by atoms with Gasteiger partial charge in [0.2, 0.25) is 0 Å². The zero-order chi connectivity index (χ0) is 14.0. The topological polar surface area (TPSA) is 82.2 Å². The van der Waals surface area contributed by atoms with E-state index >= 15 is 0 Å². The van der Waals surface area contributed by atoms with Gasteiger partial charge in [0.05, 0.1) is 5.69 Å². The van der Waals surface area contributed by atoms with Gasteiger partial charge in [0.15, 0.2) is 0 Å². The maximum absolute atomic E-state index is 12.0. The SMILES string of the molecule is CN(C)C(=O)c1sc(NC2CCCC2)c(C#N)c1N. The predicted molar refractivity (Wildman–Crippen MR) is 77.3 cm³/mol. The van der Waals surface area contributed by atoms with Crippen LogP contribution in [0.15, 0.2) is 0 Å². The lowest BCUT2D eigenvalue weighted by atomic mass is 10.2. The number of carbonyl (C=O) groups is 1. The molecule has 0 spiro atoms. The average molecular weight is 278 g/mol. The van der Waals surface area contributed by atoms with Crippen molar-refractivity contribution in [1.82, 2.24) is 4.90 Å². The van der Waals surface area contributed by atoms with Crippen LogP contribution in [-0.2, 0) is 0 Å². The molecule has 1 aromatic heterocycles. The summed E-state index contributed by atoms with van der Waals surface area (Å²) >= 11 is 1.28. The van der Waals surface area contributed by atoms with Crippen molar-refractivity contribution < 1.29 is 4.79 Å². The Morgan fingerprint density at radius 2 is 2.11 bits per heavy atom. The number of nitrogen functional groups attached to an aromatic ring is 1. The van der Waals surface area contributed by atoms with E-state index in [1.165, 1.54) is 29.1 Å². The maximum Gasteiger partial charge on any atom is 0.265 e. The first-order valence-electron chi connectivity index (χ1n) is 6.35. The molecule has 0 aliphatic heterocycles. The molecule has 0 saturated heterocycles. The minimum absolute atomic E-state index is 0.154. The van der Waals surface area contributed by atoms with Crippen LogP contribution in [0, 0.1) is 11.3 Å². The standard InChI is InChI=1S/C13H18N4OS/c1-17(2)13(18)11-10(15)9(7-14)12(19-11)16-8-5-3-4-6-8/h8,16H,3-6,15H2,1-2H3. The summed E-state index contributed by atoms with van der Waals surface area (Å²) in [5, 5.41) is 13.3. The van der Waals surface area contributed by atoms with Crippen molar-refractivity contribution in [2.24, 2.45) is 0 Å². The van der Waals surface area contributed by atoms with Crippen molar-refractivity contribution in [2.45, 2.75) is 31.7 Å². The van der Waals surface area contributed by atoms with Crippen LogP contribution < -0.4 is 11.1 Å². The van der Waals surface area contributed by atoms with E-state index in [1.54, 1.807) is 14.1 Å². The number of nitriles is 1. The Bertz CT molecular complexity index is 523. The van der Waals surface area contributed by atoms with Crippen molar-refractivity contribution in [2.75, 3.05) is 25.1 Å². The van der Waals surface area contributed by atoms with Gasteiger partial charge in [-0.25, -0.2) is 0 Å². The summed E-state index contributed by atoms with van der Waals surface area (Å²) in [6.45, 7) is 0. The van der Waals surface area contributed by atoms with Crippen LogP contribution in [-0.4, -0.2) is 30.9 Å². The largest absolute Gasteiger partial charge is 0.396 e. The molecule has 0 unspecified atom stereocenters. The fourth-order valence-corrected chi connectivity index (χ4v) is 3.44. The normalized spacial score (nSPS) is 15.2. The summed E-state index contributed by atoms with van der Waals surface area (Å²) in [4.78, 5) is 13.9. The van der Waals surface area contributed by atoms with Crippen LogP contribution in [0.5, 0.6) is 0 Å². The predicted octanol–water partition coefficient (Wildman–Crippen LogP) is 2.26. The van der Waals surface area contributed by atoms with Gasteiger partial charge in [-0.05, 0) is 12.8 Å². The summed E-state index contributed by atoms with van der Waals surface area (Å²) in [6.07, 6.45) is 4.65. The molecule has 1 fully saturated rings. The lowest BCUT2D eigenvalue weighted by Gasteiger charge is -2.11. The van der Waals surface area contributed by atoms with E-state index in [9.17, 15) is 10.1 Å². The molecule has 0 atom stereocenters. The van der Waals surface area contributed by atoms with Crippen molar-refractivity contribution in [3.8, 4) is 6.07 Å². The summed E-state index contributed by atoms with van der Waals surface area (Å²) in [5.74, 6) is -0.154. The molecule has 1 aliphatic carbocycles. The van der Waals surface area contributed by atoms with Crippen LogP contribution >= 0.6 is 11.3 Å². The second-order valence-electron chi connectivity index (χ2n) is 4.99. The quantitative estimate of drug-likeness (QED) is 0.888. The first-order chi connectivity index (χ1) is 9.04. The monoisotopic (exact) mass is 278 g/mol. The number of thiophene rings is 1. The number of nitrogens with zero attached hydrogens (tertiary/aromatic N) is 2. The minimum atomic E-state index is -0.154. The van der Waals surface area contributed by atoms with Gasteiger partial charge in [-0.2, -0.15) is 5.26 Å². The first-order valence-corrected chi connectivity index (χ1v) is 7.16. The van der Waals surface area contributed by atoms with E-state index in [2.05, 4.69) is 11.4 Å². The summed E-state index contributed by atoms with van der Waals surface area (Å²) in [5.41, 5.74) is 6.63. The first kappa shape index (κ1) is 13.7. The number of nitrogens with one attached hydrogen (secondary N) is 1. The zero-order valence-electron chi connectivity index (χ0n) is 11.2. The van der Waals surface area contributed by atoms with Gasteiger partial charge >= 0.3 is 0 Å².